The predicted octanol–water partition coefficient (Wildman–Crippen LogP) is 3.80. The van der Waals surface area contributed by atoms with E-state index in [0.29, 0.717) is 0 Å². The molecule has 2 rings (SSSR count). The number of benzene rings is 2. The summed E-state index contributed by atoms with van der Waals surface area (Å²) in [5.41, 5.74) is 4.88. The first-order valence-corrected chi connectivity index (χ1v) is 7.76. The maximum atomic E-state index is 5.29. The summed E-state index contributed by atoms with van der Waals surface area (Å²) < 4.78 is 5.29. The number of guanidine groups is 1. The fourth-order valence-electron chi connectivity index (χ4n) is 2.44. The summed E-state index contributed by atoms with van der Waals surface area (Å²) in [5.74, 6) is 1.71. The number of rotatable bonds is 5. The van der Waals surface area contributed by atoms with Gasteiger partial charge in [-0.1, -0.05) is 36.4 Å². The lowest BCUT2D eigenvalue weighted by Crippen LogP contribution is -2.36. The normalized spacial score (nSPS) is 10.8. The Labute approximate surface area is 161 Å². The average molecular weight is 439 g/mol. The predicted molar refractivity (Wildman–Crippen MR) is 111 cm³/mol. The molecule has 130 valence electrons. The number of aliphatic imine (C=N–C) groups is 1. The fourth-order valence-corrected chi connectivity index (χ4v) is 2.44. The van der Waals surface area contributed by atoms with Gasteiger partial charge in [-0.05, 0) is 42.2 Å². The second-order valence-corrected chi connectivity index (χ2v) is 5.51. The SMILES string of the molecule is CN=C(NCc1ccc(OC)c(C)c1)NCc1ccccc1C.I. The molecule has 0 aromatic heterocycles. The van der Waals surface area contributed by atoms with Gasteiger partial charge in [0.15, 0.2) is 5.96 Å². The molecule has 0 spiro atoms. The molecule has 0 aliphatic rings. The van der Waals surface area contributed by atoms with Crippen LogP contribution in [-0.4, -0.2) is 20.1 Å². The third-order valence-electron chi connectivity index (χ3n) is 3.85. The van der Waals surface area contributed by atoms with Crippen molar-refractivity contribution in [1.29, 1.82) is 0 Å². The number of aryl methyl sites for hydroxylation is 2. The number of halogens is 1. The van der Waals surface area contributed by atoms with Crippen LogP contribution in [0.3, 0.4) is 0 Å². The number of hydrogen-bond acceptors (Lipinski definition) is 2. The molecule has 5 heteroatoms. The van der Waals surface area contributed by atoms with Crippen molar-refractivity contribution in [3.05, 3.63) is 64.7 Å². The zero-order valence-corrected chi connectivity index (χ0v) is 17.0. The van der Waals surface area contributed by atoms with Crippen LogP contribution in [-0.2, 0) is 13.1 Å². The van der Waals surface area contributed by atoms with E-state index < -0.39 is 0 Å². The van der Waals surface area contributed by atoms with Gasteiger partial charge in [0.1, 0.15) is 5.75 Å². The van der Waals surface area contributed by atoms with E-state index in [2.05, 4.69) is 58.9 Å². The van der Waals surface area contributed by atoms with Gasteiger partial charge in [0.25, 0.3) is 0 Å². The smallest absolute Gasteiger partial charge is 0.191 e. The van der Waals surface area contributed by atoms with E-state index in [4.69, 9.17) is 4.74 Å². The molecule has 0 saturated heterocycles. The van der Waals surface area contributed by atoms with E-state index >= 15 is 0 Å². The van der Waals surface area contributed by atoms with Gasteiger partial charge in [-0.25, -0.2) is 0 Å². The van der Waals surface area contributed by atoms with Crippen molar-refractivity contribution in [2.45, 2.75) is 26.9 Å². The van der Waals surface area contributed by atoms with Crippen molar-refractivity contribution < 1.29 is 4.74 Å². The fraction of sp³-hybridized carbons (Fsp3) is 0.316. The van der Waals surface area contributed by atoms with Crippen molar-refractivity contribution >= 4 is 29.9 Å². The van der Waals surface area contributed by atoms with Gasteiger partial charge >= 0.3 is 0 Å². The monoisotopic (exact) mass is 439 g/mol. The van der Waals surface area contributed by atoms with Crippen molar-refractivity contribution in [3.8, 4) is 5.75 Å². The summed E-state index contributed by atoms with van der Waals surface area (Å²) in [7, 11) is 3.48. The molecule has 2 N–H and O–H groups in total. The molecule has 2 aromatic rings. The standard InChI is InChI=1S/C19H25N3O.HI/c1-14-7-5-6-8-17(14)13-22-19(20-3)21-12-16-9-10-18(23-4)15(2)11-16;/h5-11H,12-13H2,1-4H3,(H2,20,21,22);1H. The maximum absolute atomic E-state index is 5.29. The van der Waals surface area contributed by atoms with Crippen molar-refractivity contribution in [3.63, 3.8) is 0 Å². The summed E-state index contributed by atoms with van der Waals surface area (Å²) >= 11 is 0. The van der Waals surface area contributed by atoms with E-state index in [-0.39, 0.29) is 24.0 Å². The second kappa shape index (κ2) is 10.2. The molecule has 0 unspecified atom stereocenters. The number of ether oxygens (including phenoxy) is 1. The van der Waals surface area contributed by atoms with E-state index in [1.54, 1.807) is 14.2 Å². The largest absolute Gasteiger partial charge is 0.496 e. The Morgan fingerprint density at radius 1 is 1.00 bits per heavy atom. The Balaban J connectivity index is 0.00000288. The molecule has 0 saturated carbocycles. The zero-order chi connectivity index (χ0) is 16.7. The Morgan fingerprint density at radius 2 is 1.71 bits per heavy atom. The first kappa shape index (κ1) is 20.3. The first-order valence-electron chi connectivity index (χ1n) is 7.76. The van der Waals surface area contributed by atoms with E-state index in [9.17, 15) is 0 Å². The van der Waals surface area contributed by atoms with Crippen LogP contribution in [0.5, 0.6) is 5.75 Å². The Hall–Kier alpha value is -1.76. The summed E-state index contributed by atoms with van der Waals surface area (Å²) in [6, 6.07) is 14.5. The van der Waals surface area contributed by atoms with E-state index in [1.807, 2.05) is 13.0 Å². The molecule has 0 radical (unpaired) electrons. The van der Waals surface area contributed by atoms with E-state index in [1.165, 1.54) is 16.7 Å². The molecule has 24 heavy (non-hydrogen) atoms. The Bertz CT molecular complexity index is 686. The molecular weight excluding hydrogens is 413 g/mol. The lowest BCUT2D eigenvalue weighted by Gasteiger charge is -2.14. The van der Waals surface area contributed by atoms with Crippen molar-refractivity contribution in [2.75, 3.05) is 14.2 Å². The number of nitrogens with zero attached hydrogens (tertiary/aromatic N) is 1. The number of nitrogens with one attached hydrogen (secondary N) is 2. The zero-order valence-electron chi connectivity index (χ0n) is 14.7. The van der Waals surface area contributed by atoms with Gasteiger partial charge in [0, 0.05) is 20.1 Å². The van der Waals surface area contributed by atoms with Crippen molar-refractivity contribution in [2.24, 2.45) is 4.99 Å². The summed E-state index contributed by atoms with van der Waals surface area (Å²) in [4.78, 5) is 4.27. The molecule has 2 aromatic carbocycles. The van der Waals surface area contributed by atoms with Crippen LogP contribution in [0.4, 0.5) is 0 Å². The highest BCUT2D eigenvalue weighted by Gasteiger charge is 2.03. The summed E-state index contributed by atoms with van der Waals surface area (Å²) in [6.07, 6.45) is 0. The van der Waals surface area contributed by atoms with Gasteiger partial charge in [-0.2, -0.15) is 0 Å². The van der Waals surface area contributed by atoms with Crippen LogP contribution in [0.25, 0.3) is 0 Å². The lowest BCUT2D eigenvalue weighted by atomic mass is 10.1. The quantitative estimate of drug-likeness (QED) is 0.424. The molecular formula is C19H26IN3O. The molecule has 0 amide bonds. The van der Waals surface area contributed by atoms with Crippen LogP contribution >= 0.6 is 24.0 Å². The lowest BCUT2D eigenvalue weighted by molar-refractivity contribution is 0.411. The molecule has 0 aliphatic heterocycles. The van der Waals surface area contributed by atoms with Crippen molar-refractivity contribution in [1.82, 2.24) is 10.6 Å². The molecule has 0 fully saturated rings. The molecule has 0 bridgehead atoms. The van der Waals surface area contributed by atoms with Crippen LogP contribution in [0.1, 0.15) is 22.3 Å². The van der Waals surface area contributed by atoms with Gasteiger partial charge in [-0.15, -0.1) is 24.0 Å². The van der Waals surface area contributed by atoms with Gasteiger partial charge in [0.05, 0.1) is 7.11 Å². The van der Waals surface area contributed by atoms with Gasteiger partial charge < -0.3 is 15.4 Å². The minimum absolute atomic E-state index is 0. The topological polar surface area (TPSA) is 45.7 Å². The molecule has 4 nitrogen and oxygen atoms in total. The summed E-state index contributed by atoms with van der Waals surface area (Å²) in [6.45, 7) is 5.65. The highest BCUT2D eigenvalue weighted by molar-refractivity contribution is 14.0. The summed E-state index contributed by atoms with van der Waals surface area (Å²) in [5, 5.41) is 6.69. The molecule has 0 aliphatic carbocycles. The van der Waals surface area contributed by atoms with Crippen LogP contribution in [0, 0.1) is 13.8 Å². The minimum atomic E-state index is 0. The highest BCUT2D eigenvalue weighted by atomic mass is 127. The number of methoxy groups -OCH3 is 1. The van der Waals surface area contributed by atoms with E-state index in [0.717, 1.165) is 30.4 Å². The molecule has 0 atom stereocenters. The minimum Gasteiger partial charge on any atom is -0.496 e. The third-order valence-corrected chi connectivity index (χ3v) is 3.85. The van der Waals surface area contributed by atoms with Crippen LogP contribution < -0.4 is 15.4 Å². The second-order valence-electron chi connectivity index (χ2n) is 5.51. The van der Waals surface area contributed by atoms with Gasteiger partial charge in [0.2, 0.25) is 0 Å². The third kappa shape index (κ3) is 5.70. The Kier molecular flexibility index (Phi) is 8.60. The Morgan fingerprint density at radius 3 is 2.33 bits per heavy atom. The average Bonchev–Trinajstić information content (AvgIpc) is 2.56. The first-order chi connectivity index (χ1) is 11.1. The number of hydrogen-bond donors (Lipinski definition) is 2. The maximum Gasteiger partial charge on any atom is 0.191 e. The van der Waals surface area contributed by atoms with Gasteiger partial charge in [-0.3, -0.25) is 4.99 Å². The molecule has 0 heterocycles. The highest BCUT2D eigenvalue weighted by Crippen LogP contribution is 2.18. The van der Waals surface area contributed by atoms with Crippen LogP contribution in [0.15, 0.2) is 47.5 Å². The van der Waals surface area contributed by atoms with Crippen LogP contribution in [0.2, 0.25) is 0 Å².